The van der Waals surface area contributed by atoms with Crippen LogP contribution in [0.3, 0.4) is 0 Å². The fourth-order valence-electron chi connectivity index (χ4n) is 4.41. The minimum Gasteiger partial charge on any atom is -0.366 e. The third-order valence-electron chi connectivity index (χ3n) is 6.05. The van der Waals surface area contributed by atoms with E-state index in [0.717, 1.165) is 61.0 Å². The van der Waals surface area contributed by atoms with Crippen molar-refractivity contribution in [2.24, 2.45) is 12.8 Å². The molecule has 6 aromatic rings. The van der Waals surface area contributed by atoms with Crippen LogP contribution in [0.2, 0.25) is 0 Å². The number of hydrogen-bond acceptors (Lipinski definition) is 4. The monoisotopic (exact) mass is 459 g/mol. The number of amides is 1. The van der Waals surface area contributed by atoms with Gasteiger partial charge in [-0.2, -0.15) is 5.10 Å². The molecule has 0 aliphatic carbocycles. The van der Waals surface area contributed by atoms with Crippen LogP contribution < -0.4 is 5.73 Å². The SMILES string of the molecule is Cn1cc(-c2cc(/C=C/C(N)=O)cc(-c3cnc4[nH]cc(-c5ccnc6[nH]ccc56)c4c3)c2)cn1. The van der Waals surface area contributed by atoms with Crippen molar-refractivity contribution in [1.82, 2.24) is 29.7 Å². The molecule has 0 saturated heterocycles. The highest BCUT2D eigenvalue weighted by Crippen LogP contribution is 2.35. The lowest BCUT2D eigenvalue weighted by molar-refractivity contribution is -0.113. The lowest BCUT2D eigenvalue weighted by Gasteiger charge is -2.08. The average Bonchev–Trinajstić information content (AvgIpc) is 3.61. The van der Waals surface area contributed by atoms with E-state index in [1.807, 2.05) is 62.3 Å². The molecule has 5 heterocycles. The van der Waals surface area contributed by atoms with Crippen LogP contribution in [0.15, 0.2) is 79.7 Å². The standard InChI is InChI=1S/C27H21N7O/c1-34-15-20(13-33-34)18-9-16(2-3-25(28)35)8-17(10-18)19-11-23-24(14-32-27(23)31-12-19)21-4-6-29-26-22(21)5-7-30-26/h2-15H,1H3,(H2,28,35)(H,29,30)(H,31,32)/b3-2+. The van der Waals surface area contributed by atoms with E-state index in [0.29, 0.717) is 0 Å². The molecule has 0 aliphatic rings. The predicted molar refractivity (Wildman–Crippen MR) is 137 cm³/mol. The van der Waals surface area contributed by atoms with Gasteiger partial charge < -0.3 is 15.7 Å². The third-order valence-corrected chi connectivity index (χ3v) is 6.05. The number of carbonyl (C=O) groups is 1. The summed E-state index contributed by atoms with van der Waals surface area (Å²) in [5, 5.41) is 6.36. The van der Waals surface area contributed by atoms with Crippen molar-refractivity contribution in [3.63, 3.8) is 0 Å². The lowest BCUT2D eigenvalue weighted by Crippen LogP contribution is -2.05. The second kappa shape index (κ2) is 8.11. The summed E-state index contributed by atoms with van der Waals surface area (Å²) in [6.45, 7) is 0. The zero-order chi connectivity index (χ0) is 23.9. The Morgan fingerprint density at radius 3 is 2.54 bits per heavy atom. The molecule has 6 rings (SSSR count). The number of aromatic nitrogens is 6. The molecule has 1 amide bonds. The first-order valence-corrected chi connectivity index (χ1v) is 11.1. The lowest BCUT2D eigenvalue weighted by atomic mass is 9.96. The Kier molecular flexibility index (Phi) is 4.77. The van der Waals surface area contributed by atoms with Crippen LogP contribution in [0.4, 0.5) is 0 Å². The summed E-state index contributed by atoms with van der Waals surface area (Å²) in [6, 6.07) is 12.3. The van der Waals surface area contributed by atoms with Gasteiger partial charge in [0.1, 0.15) is 11.3 Å². The number of nitrogens with one attached hydrogen (secondary N) is 2. The number of nitrogens with zero attached hydrogens (tertiary/aromatic N) is 4. The Bertz CT molecular complexity index is 1750. The molecule has 5 aromatic heterocycles. The smallest absolute Gasteiger partial charge is 0.241 e. The van der Waals surface area contributed by atoms with E-state index in [4.69, 9.17) is 10.7 Å². The molecule has 1 aromatic carbocycles. The van der Waals surface area contributed by atoms with Gasteiger partial charge in [-0.25, -0.2) is 9.97 Å². The summed E-state index contributed by atoms with van der Waals surface area (Å²) < 4.78 is 1.76. The first-order chi connectivity index (χ1) is 17.0. The number of aryl methyl sites for hydroxylation is 1. The van der Waals surface area contributed by atoms with Crippen LogP contribution >= 0.6 is 0 Å². The molecule has 0 atom stereocenters. The number of fused-ring (bicyclic) bond motifs is 2. The Labute approximate surface area is 200 Å². The minimum atomic E-state index is -0.494. The summed E-state index contributed by atoms with van der Waals surface area (Å²) in [7, 11) is 1.88. The molecule has 0 fully saturated rings. The van der Waals surface area contributed by atoms with Crippen LogP contribution in [-0.2, 0) is 11.8 Å². The molecular formula is C27H21N7O. The maximum atomic E-state index is 11.4. The van der Waals surface area contributed by atoms with Crippen molar-refractivity contribution in [2.75, 3.05) is 0 Å². The van der Waals surface area contributed by atoms with Crippen molar-refractivity contribution in [3.8, 4) is 33.4 Å². The van der Waals surface area contributed by atoms with E-state index in [9.17, 15) is 4.79 Å². The van der Waals surface area contributed by atoms with Crippen molar-refractivity contribution in [1.29, 1.82) is 0 Å². The number of benzene rings is 1. The van der Waals surface area contributed by atoms with Gasteiger partial charge in [-0.05, 0) is 64.7 Å². The van der Waals surface area contributed by atoms with Gasteiger partial charge in [0.25, 0.3) is 0 Å². The van der Waals surface area contributed by atoms with Crippen LogP contribution in [0.1, 0.15) is 5.56 Å². The molecule has 4 N–H and O–H groups in total. The van der Waals surface area contributed by atoms with Gasteiger partial charge in [0.05, 0.1) is 6.20 Å². The van der Waals surface area contributed by atoms with E-state index in [1.54, 1.807) is 17.0 Å². The molecule has 0 saturated carbocycles. The highest BCUT2D eigenvalue weighted by molar-refractivity contribution is 6.03. The first kappa shape index (κ1) is 20.6. The van der Waals surface area contributed by atoms with Gasteiger partial charge >= 0.3 is 0 Å². The summed E-state index contributed by atoms with van der Waals surface area (Å²) in [5.74, 6) is -0.494. The molecule has 0 bridgehead atoms. The zero-order valence-electron chi connectivity index (χ0n) is 18.9. The number of rotatable bonds is 5. The van der Waals surface area contributed by atoms with Gasteiger partial charge in [0.2, 0.25) is 5.91 Å². The Hall–Kier alpha value is -4.98. The molecule has 8 nitrogen and oxygen atoms in total. The van der Waals surface area contributed by atoms with Crippen LogP contribution in [-0.4, -0.2) is 35.6 Å². The first-order valence-electron chi connectivity index (χ1n) is 11.1. The molecule has 0 spiro atoms. The van der Waals surface area contributed by atoms with Gasteiger partial charge in [0.15, 0.2) is 0 Å². The second-order valence-corrected chi connectivity index (χ2v) is 8.40. The quantitative estimate of drug-likeness (QED) is 0.325. The number of H-pyrrole nitrogens is 2. The number of pyridine rings is 2. The molecule has 170 valence electrons. The van der Waals surface area contributed by atoms with Gasteiger partial charge in [-0.15, -0.1) is 0 Å². The van der Waals surface area contributed by atoms with Crippen molar-refractivity contribution >= 4 is 34.1 Å². The fraction of sp³-hybridized carbons (Fsp3) is 0.0370. The number of primary amides is 1. The molecule has 35 heavy (non-hydrogen) atoms. The van der Waals surface area contributed by atoms with E-state index in [2.05, 4.69) is 32.2 Å². The summed E-state index contributed by atoms with van der Waals surface area (Å²) in [4.78, 5) is 26.9. The average molecular weight is 460 g/mol. The van der Waals surface area contributed by atoms with Crippen LogP contribution in [0.25, 0.3) is 61.5 Å². The van der Waals surface area contributed by atoms with Gasteiger partial charge in [0, 0.05) is 71.6 Å². The molecular weight excluding hydrogens is 438 g/mol. The largest absolute Gasteiger partial charge is 0.366 e. The molecule has 8 heteroatoms. The molecule has 0 unspecified atom stereocenters. The minimum absolute atomic E-state index is 0.494. The third kappa shape index (κ3) is 3.76. The van der Waals surface area contributed by atoms with Gasteiger partial charge in [-0.3, -0.25) is 9.48 Å². The highest BCUT2D eigenvalue weighted by atomic mass is 16.1. The van der Waals surface area contributed by atoms with E-state index >= 15 is 0 Å². The van der Waals surface area contributed by atoms with Crippen LogP contribution in [0, 0.1) is 0 Å². The number of carbonyl (C=O) groups excluding carboxylic acids is 1. The molecule has 0 radical (unpaired) electrons. The second-order valence-electron chi connectivity index (χ2n) is 8.40. The predicted octanol–water partition coefficient (Wildman–Crippen LogP) is 4.67. The number of aromatic amines is 2. The summed E-state index contributed by atoms with van der Waals surface area (Å²) >= 11 is 0. The maximum absolute atomic E-state index is 11.4. The summed E-state index contributed by atoms with van der Waals surface area (Å²) in [6.07, 6.45) is 14.4. The van der Waals surface area contributed by atoms with Crippen molar-refractivity contribution in [2.45, 2.75) is 0 Å². The number of hydrogen-bond donors (Lipinski definition) is 3. The van der Waals surface area contributed by atoms with E-state index < -0.39 is 5.91 Å². The Morgan fingerprint density at radius 2 is 1.74 bits per heavy atom. The van der Waals surface area contributed by atoms with E-state index in [1.165, 1.54) is 6.08 Å². The fourth-order valence-corrected chi connectivity index (χ4v) is 4.41. The topological polar surface area (TPSA) is 118 Å². The number of nitrogens with two attached hydrogens (primary N) is 1. The Morgan fingerprint density at radius 1 is 0.914 bits per heavy atom. The van der Waals surface area contributed by atoms with E-state index in [-0.39, 0.29) is 0 Å². The Balaban J connectivity index is 1.52. The van der Waals surface area contributed by atoms with Crippen LogP contribution in [0.5, 0.6) is 0 Å². The van der Waals surface area contributed by atoms with Gasteiger partial charge in [-0.1, -0.05) is 0 Å². The normalized spacial score (nSPS) is 11.7. The van der Waals surface area contributed by atoms with Crippen molar-refractivity contribution in [3.05, 3.63) is 85.2 Å². The highest BCUT2D eigenvalue weighted by Gasteiger charge is 2.13. The summed E-state index contributed by atoms with van der Waals surface area (Å²) in [5.41, 5.74) is 13.9. The zero-order valence-corrected chi connectivity index (χ0v) is 18.9. The molecule has 0 aliphatic heterocycles. The maximum Gasteiger partial charge on any atom is 0.241 e. The van der Waals surface area contributed by atoms with Crippen molar-refractivity contribution < 1.29 is 4.79 Å².